The largest absolute Gasteiger partial charge is 0.394 e. The van der Waals surface area contributed by atoms with Gasteiger partial charge in [0.05, 0.1) is 18.2 Å². The number of pyridine rings is 1. The summed E-state index contributed by atoms with van der Waals surface area (Å²) in [5.41, 5.74) is 1.66. The van der Waals surface area contributed by atoms with E-state index < -0.39 is 11.9 Å². The third-order valence-corrected chi connectivity index (χ3v) is 3.94. The maximum atomic E-state index is 13.2. The molecule has 0 aliphatic rings. The molecule has 0 saturated carbocycles. The van der Waals surface area contributed by atoms with Gasteiger partial charge in [0, 0.05) is 16.9 Å². The molecular formula is C15H14BrFN2O2. The molecule has 0 bridgehead atoms. The Hall–Kier alpha value is -1.79. The molecule has 0 fully saturated rings. The maximum Gasteiger partial charge on any atom is 0.253 e. The Labute approximate surface area is 130 Å². The zero-order valence-corrected chi connectivity index (χ0v) is 12.9. The Morgan fingerprint density at radius 2 is 2.24 bits per heavy atom. The van der Waals surface area contributed by atoms with Gasteiger partial charge >= 0.3 is 0 Å². The Balaban J connectivity index is 2.22. The fourth-order valence-electron chi connectivity index (χ4n) is 1.92. The number of benzene rings is 1. The van der Waals surface area contributed by atoms with Crippen molar-refractivity contribution in [2.24, 2.45) is 0 Å². The summed E-state index contributed by atoms with van der Waals surface area (Å²) in [6, 6.07) is 5.10. The van der Waals surface area contributed by atoms with Crippen molar-refractivity contribution in [1.82, 2.24) is 10.3 Å². The minimum Gasteiger partial charge on any atom is -0.394 e. The Morgan fingerprint density at radius 3 is 2.90 bits per heavy atom. The van der Waals surface area contributed by atoms with Gasteiger partial charge in [0.2, 0.25) is 0 Å². The number of aliphatic hydroxyl groups excluding tert-OH is 1. The molecule has 1 amide bonds. The van der Waals surface area contributed by atoms with Crippen LogP contribution in [0.2, 0.25) is 0 Å². The van der Waals surface area contributed by atoms with E-state index in [4.69, 9.17) is 0 Å². The zero-order chi connectivity index (χ0) is 15.4. The lowest BCUT2D eigenvalue weighted by molar-refractivity contribution is 0.0915. The molecule has 2 aromatic rings. The zero-order valence-electron chi connectivity index (χ0n) is 11.3. The highest BCUT2D eigenvalue weighted by atomic mass is 79.9. The van der Waals surface area contributed by atoms with Crippen molar-refractivity contribution in [3.8, 4) is 0 Å². The SMILES string of the molecule is Cc1c(Br)cncc1C(=O)NC(CO)c1cccc(F)c1. The van der Waals surface area contributed by atoms with Crippen LogP contribution >= 0.6 is 15.9 Å². The van der Waals surface area contributed by atoms with E-state index in [-0.39, 0.29) is 12.5 Å². The number of amides is 1. The topological polar surface area (TPSA) is 62.2 Å². The minimum atomic E-state index is -0.674. The van der Waals surface area contributed by atoms with Crippen molar-refractivity contribution < 1.29 is 14.3 Å². The lowest BCUT2D eigenvalue weighted by atomic mass is 10.1. The number of rotatable bonds is 4. The van der Waals surface area contributed by atoms with Crippen LogP contribution in [0.3, 0.4) is 0 Å². The van der Waals surface area contributed by atoms with Gasteiger partial charge in [-0.05, 0) is 46.1 Å². The van der Waals surface area contributed by atoms with Crippen molar-refractivity contribution in [2.45, 2.75) is 13.0 Å². The number of hydrogen-bond donors (Lipinski definition) is 2. The molecule has 0 radical (unpaired) electrons. The van der Waals surface area contributed by atoms with E-state index in [1.807, 2.05) is 0 Å². The van der Waals surface area contributed by atoms with Crippen LogP contribution in [0.1, 0.15) is 27.5 Å². The predicted octanol–water partition coefficient (Wildman–Crippen LogP) is 2.76. The highest BCUT2D eigenvalue weighted by Gasteiger charge is 2.17. The molecule has 4 nitrogen and oxygen atoms in total. The first kappa shape index (κ1) is 15.6. The molecule has 2 N–H and O–H groups in total. The molecule has 0 aliphatic heterocycles. The molecular weight excluding hydrogens is 339 g/mol. The minimum absolute atomic E-state index is 0.324. The summed E-state index contributed by atoms with van der Waals surface area (Å²) in [4.78, 5) is 16.2. The Morgan fingerprint density at radius 1 is 1.48 bits per heavy atom. The van der Waals surface area contributed by atoms with Gasteiger partial charge in [-0.25, -0.2) is 4.39 Å². The van der Waals surface area contributed by atoms with Gasteiger partial charge in [0.1, 0.15) is 5.82 Å². The highest BCUT2D eigenvalue weighted by Crippen LogP contribution is 2.19. The van der Waals surface area contributed by atoms with E-state index in [1.165, 1.54) is 24.4 Å². The number of aliphatic hydroxyl groups is 1. The lowest BCUT2D eigenvalue weighted by Crippen LogP contribution is -2.31. The van der Waals surface area contributed by atoms with E-state index >= 15 is 0 Å². The van der Waals surface area contributed by atoms with E-state index in [2.05, 4.69) is 26.2 Å². The average Bonchev–Trinajstić information content (AvgIpc) is 2.47. The molecule has 110 valence electrons. The molecule has 1 aromatic carbocycles. The fourth-order valence-corrected chi connectivity index (χ4v) is 2.25. The first-order valence-corrected chi connectivity index (χ1v) is 7.09. The second-order valence-corrected chi connectivity index (χ2v) is 5.41. The van der Waals surface area contributed by atoms with Crippen LogP contribution in [-0.2, 0) is 0 Å². The van der Waals surface area contributed by atoms with Gasteiger partial charge in [-0.3, -0.25) is 9.78 Å². The number of nitrogens with zero attached hydrogens (tertiary/aromatic N) is 1. The first-order chi connectivity index (χ1) is 10.0. The van der Waals surface area contributed by atoms with Crippen LogP contribution in [0.15, 0.2) is 41.1 Å². The summed E-state index contributed by atoms with van der Waals surface area (Å²) in [7, 11) is 0. The quantitative estimate of drug-likeness (QED) is 0.889. The lowest BCUT2D eigenvalue weighted by Gasteiger charge is -2.17. The molecule has 1 aromatic heterocycles. The summed E-state index contributed by atoms with van der Waals surface area (Å²) in [5.74, 6) is -0.787. The molecule has 2 rings (SSSR count). The average molecular weight is 353 g/mol. The predicted molar refractivity (Wildman–Crippen MR) is 80.4 cm³/mol. The molecule has 0 aliphatic carbocycles. The van der Waals surface area contributed by atoms with Crippen molar-refractivity contribution in [1.29, 1.82) is 0 Å². The van der Waals surface area contributed by atoms with E-state index in [0.717, 1.165) is 10.0 Å². The number of hydrogen-bond acceptors (Lipinski definition) is 3. The number of halogens is 2. The van der Waals surface area contributed by atoms with Gasteiger partial charge in [0.15, 0.2) is 0 Å². The summed E-state index contributed by atoms with van der Waals surface area (Å²) in [6.07, 6.45) is 3.05. The van der Waals surface area contributed by atoms with Crippen LogP contribution in [0, 0.1) is 12.7 Å². The van der Waals surface area contributed by atoms with Crippen LogP contribution in [-0.4, -0.2) is 22.6 Å². The van der Waals surface area contributed by atoms with Gasteiger partial charge in [-0.15, -0.1) is 0 Å². The monoisotopic (exact) mass is 352 g/mol. The molecule has 21 heavy (non-hydrogen) atoms. The third-order valence-electron chi connectivity index (χ3n) is 3.14. The molecule has 1 atom stereocenters. The second kappa shape index (κ2) is 6.78. The molecule has 0 spiro atoms. The Bertz CT molecular complexity index is 664. The standard InChI is InChI=1S/C15H14BrFN2O2/c1-9-12(6-18-7-13(9)16)15(21)19-14(8-20)10-3-2-4-11(17)5-10/h2-7,14,20H,8H2,1H3,(H,19,21). The second-order valence-electron chi connectivity index (χ2n) is 4.56. The van der Waals surface area contributed by atoms with Crippen molar-refractivity contribution in [3.63, 3.8) is 0 Å². The van der Waals surface area contributed by atoms with E-state index in [9.17, 15) is 14.3 Å². The highest BCUT2D eigenvalue weighted by molar-refractivity contribution is 9.10. The van der Waals surface area contributed by atoms with Gasteiger partial charge in [0.25, 0.3) is 5.91 Å². The molecule has 1 heterocycles. The summed E-state index contributed by atoms with van der Waals surface area (Å²) >= 11 is 3.31. The van der Waals surface area contributed by atoms with Crippen molar-refractivity contribution >= 4 is 21.8 Å². The van der Waals surface area contributed by atoms with Crippen LogP contribution < -0.4 is 5.32 Å². The summed E-state index contributed by atoms with van der Waals surface area (Å²) in [6.45, 7) is 1.46. The van der Waals surface area contributed by atoms with E-state index in [1.54, 1.807) is 19.2 Å². The smallest absolute Gasteiger partial charge is 0.253 e. The van der Waals surface area contributed by atoms with E-state index in [0.29, 0.717) is 11.1 Å². The first-order valence-electron chi connectivity index (χ1n) is 6.30. The van der Waals surface area contributed by atoms with Gasteiger partial charge in [-0.2, -0.15) is 0 Å². The number of carbonyl (C=O) groups is 1. The maximum absolute atomic E-state index is 13.2. The fraction of sp³-hybridized carbons (Fsp3) is 0.200. The molecule has 0 saturated heterocycles. The summed E-state index contributed by atoms with van der Waals surface area (Å²) < 4.78 is 14.0. The molecule has 1 unspecified atom stereocenters. The van der Waals surface area contributed by atoms with Crippen molar-refractivity contribution in [2.75, 3.05) is 6.61 Å². The normalized spacial score (nSPS) is 12.0. The number of carbonyl (C=O) groups excluding carboxylic acids is 1. The third kappa shape index (κ3) is 3.65. The molecule has 6 heteroatoms. The van der Waals surface area contributed by atoms with Crippen LogP contribution in [0.25, 0.3) is 0 Å². The Kier molecular flexibility index (Phi) is 5.03. The number of aromatic nitrogens is 1. The summed E-state index contributed by atoms with van der Waals surface area (Å²) in [5, 5.41) is 12.1. The van der Waals surface area contributed by atoms with Gasteiger partial charge < -0.3 is 10.4 Å². The number of nitrogens with one attached hydrogen (secondary N) is 1. The van der Waals surface area contributed by atoms with Crippen LogP contribution in [0.4, 0.5) is 4.39 Å². The van der Waals surface area contributed by atoms with Crippen LogP contribution in [0.5, 0.6) is 0 Å². The van der Waals surface area contributed by atoms with Gasteiger partial charge in [-0.1, -0.05) is 12.1 Å². The van der Waals surface area contributed by atoms with Crippen molar-refractivity contribution in [3.05, 3.63) is 63.6 Å².